The van der Waals surface area contributed by atoms with Gasteiger partial charge in [0.25, 0.3) is 0 Å². The molecule has 0 saturated carbocycles. The minimum absolute atomic E-state index is 0.138. The molecule has 1 unspecified atom stereocenters. The van der Waals surface area contributed by atoms with Gasteiger partial charge in [-0.15, -0.1) is 0 Å². The molecule has 0 fully saturated rings. The monoisotopic (exact) mass is 227 g/mol. The van der Waals surface area contributed by atoms with Crippen LogP contribution in [0.2, 0.25) is 0 Å². The lowest BCUT2D eigenvalue weighted by Crippen LogP contribution is -2.23. The lowest BCUT2D eigenvalue weighted by Gasteiger charge is -2.12. The second-order valence-corrected chi connectivity index (χ2v) is 3.81. The van der Waals surface area contributed by atoms with Crippen molar-refractivity contribution in [2.24, 2.45) is 0 Å². The molecule has 0 amide bonds. The van der Waals surface area contributed by atoms with E-state index in [4.69, 9.17) is 5.11 Å². The molecule has 0 bridgehead atoms. The van der Waals surface area contributed by atoms with E-state index in [-0.39, 0.29) is 12.4 Å². The first-order valence-corrected chi connectivity index (χ1v) is 5.41. The van der Waals surface area contributed by atoms with Crippen LogP contribution in [0.25, 0.3) is 0 Å². The summed E-state index contributed by atoms with van der Waals surface area (Å²) in [6, 6.07) is 4.59. The Hall–Kier alpha value is -0.970. The van der Waals surface area contributed by atoms with E-state index >= 15 is 0 Å². The largest absolute Gasteiger partial charge is 0.396 e. The number of aliphatic hydroxyl groups is 2. The van der Waals surface area contributed by atoms with Gasteiger partial charge in [-0.3, -0.25) is 0 Å². The topological polar surface area (TPSA) is 52.5 Å². The summed E-state index contributed by atoms with van der Waals surface area (Å²) in [5.41, 5.74) is 1.24. The summed E-state index contributed by atoms with van der Waals surface area (Å²) in [4.78, 5) is 0. The van der Waals surface area contributed by atoms with Crippen molar-refractivity contribution in [2.75, 3.05) is 19.7 Å². The van der Waals surface area contributed by atoms with E-state index in [1.165, 1.54) is 6.07 Å². The molecule has 0 spiro atoms. The van der Waals surface area contributed by atoms with Crippen molar-refractivity contribution in [2.45, 2.75) is 19.4 Å². The van der Waals surface area contributed by atoms with Gasteiger partial charge in [-0.25, -0.2) is 4.39 Å². The number of nitrogens with one attached hydrogen (secondary N) is 1. The van der Waals surface area contributed by atoms with Gasteiger partial charge in [-0.1, -0.05) is 12.1 Å². The third kappa shape index (κ3) is 3.89. The highest BCUT2D eigenvalue weighted by Gasteiger charge is 2.08. The Balaban J connectivity index is 2.46. The van der Waals surface area contributed by atoms with E-state index in [1.807, 2.05) is 0 Å². The lowest BCUT2D eigenvalue weighted by molar-refractivity contribution is 0.173. The molecule has 0 aliphatic rings. The summed E-state index contributed by atoms with van der Waals surface area (Å²) in [5.74, 6) is -0.260. The Kier molecular flexibility index (Phi) is 5.38. The molecule has 0 heterocycles. The molecule has 90 valence electrons. The molecule has 0 aliphatic heterocycles. The zero-order valence-electron chi connectivity index (χ0n) is 9.41. The third-order valence-electron chi connectivity index (χ3n) is 2.42. The molecular formula is C12H18FNO2. The summed E-state index contributed by atoms with van der Waals surface area (Å²) in [7, 11) is 0. The van der Waals surface area contributed by atoms with Crippen molar-refractivity contribution >= 4 is 0 Å². The van der Waals surface area contributed by atoms with Crippen LogP contribution < -0.4 is 5.32 Å². The Morgan fingerprint density at radius 2 is 2.19 bits per heavy atom. The Morgan fingerprint density at radius 3 is 2.81 bits per heavy atom. The normalized spacial score (nSPS) is 12.8. The van der Waals surface area contributed by atoms with E-state index in [0.29, 0.717) is 30.6 Å². The van der Waals surface area contributed by atoms with Gasteiger partial charge in [0.05, 0.1) is 6.10 Å². The second-order valence-electron chi connectivity index (χ2n) is 3.81. The van der Waals surface area contributed by atoms with Crippen molar-refractivity contribution in [3.63, 3.8) is 0 Å². The fourth-order valence-electron chi connectivity index (χ4n) is 1.44. The molecule has 4 heteroatoms. The van der Waals surface area contributed by atoms with Crippen LogP contribution in [0.1, 0.15) is 23.7 Å². The molecule has 0 radical (unpaired) electrons. The molecule has 1 atom stereocenters. The number of hydrogen-bond donors (Lipinski definition) is 3. The molecule has 3 N–H and O–H groups in total. The maximum Gasteiger partial charge on any atom is 0.126 e. The highest BCUT2D eigenvalue weighted by atomic mass is 19.1. The molecule has 0 saturated heterocycles. The summed E-state index contributed by atoms with van der Waals surface area (Å²) in [5, 5.41) is 21.4. The predicted octanol–water partition coefficient (Wildman–Crippen LogP) is 1.14. The van der Waals surface area contributed by atoms with Crippen LogP contribution in [-0.4, -0.2) is 29.9 Å². The highest BCUT2D eigenvalue weighted by Crippen LogP contribution is 2.15. The van der Waals surface area contributed by atoms with Crippen LogP contribution in [0, 0.1) is 12.7 Å². The quantitative estimate of drug-likeness (QED) is 0.639. The maximum absolute atomic E-state index is 13.0. The van der Waals surface area contributed by atoms with Gasteiger partial charge in [0.15, 0.2) is 0 Å². The van der Waals surface area contributed by atoms with Crippen LogP contribution in [-0.2, 0) is 0 Å². The van der Waals surface area contributed by atoms with Crippen molar-refractivity contribution in [1.29, 1.82) is 0 Å². The zero-order chi connectivity index (χ0) is 12.0. The molecule has 3 nitrogen and oxygen atoms in total. The minimum Gasteiger partial charge on any atom is -0.396 e. The molecule has 0 aromatic heterocycles. The van der Waals surface area contributed by atoms with Gasteiger partial charge in [0.1, 0.15) is 5.82 Å². The first kappa shape index (κ1) is 13.1. The smallest absolute Gasteiger partial charge is 0.126 e. The first-order chi connectivity index (χ1) is 7.65. The Labute approximate surface area is 94.9 Å². The van der Waals surface area contributed by atoms with E-state index in [9.17, 15) is 9.50 Å². The number of halogens is 1. The summed E-state index contributed by atoms with van der Waals surface area (Å²) >= 11 is 0. The third-order valence-corrected chi connectivity index (χ3v) is 2.42. The van der Waals surface area contributed by atoms with Gasteiger partial charge in [0.2, 0.25) is 0 Å². The van der Waals surface area contributed by atoms with E-state index in [0.717, 1.165) is 0 Å². The van der Waals surface area contributed by atoms with E-state index < -0.39 is 6.10 Å². The van der Waals surface area contributed by atoms with Gasteiger partial charge in [-0.05, 0) is 37.1 Å². The van der Waals surface area contributed by atoms with Crippen LogP contribution in [0.4, 0.5) is 4.39 Å². The van der Waals surface area contributed by atoms with E-state index in [2.05, 4.69) is 5.32 Å². The zero-order valence-corrected chi connectivity index (χ0v) is 9.41. The highest BCUT2D eigenvalue weighted by molar-refractivity contribution is 5.25. The average Bonchev–Trinajstić information content (AvgIpc) is 2.28. The van der Waals surface area contributed by atoms with Gasteiger partial charge >= 0.3 is 0 Å². The standard InChI is InChI=1S/C12H18FNO2/c1-9-7-10(3-4-11(9)13)12(16)8-14-5-2-6-15/h3-4,7,12,14-16H,2,5-6,8H2,1H3. The number of aryl methyl sites for hydroxylation is 1. The Morgan fingerprint density at radius 1 is 1.44 bits per heavy atom. The number of benzene rings is 1. The van der Waals surface area contributed by atoms with Gasteiger partial charge < -0.3 is 15.5 Å². The number of aliphatic hydroxyl groups excluding tert-OH is 2. The van der Waals surface area contributed by atoms with E-state index in [1.54, 1.807) is 19.1 Å². The van der Waals surface area contributed by atoms with Crippen molar-refractivity contribution in [3.05, 3.63) is 35.1 Å². The maximum atomic E-state index is 13.0. The Bertz CT molecular complexity index is 331. The number of rotatable bonds is 6. The summed E-state index contributed by atoms with van der Waals surface area (Å²) in [6.45, 7) is 2.88. The molecule has 1 rings (SSSR count). The van der Waals surface area contributed by atoms with Gasteiger partial charge in [-0.2, -0.15) is 0 Å². The van der Waals surface area contributed by atoms with Crippen LogP contribution in [0.3, 0.4) is 0 Å². The lowest BCUT2D eigenvalue weighted by atomic mass is 10.1. The molecule has 1 aromatic rings. The fraction of sp³-hybridized carbons (Fsp3) is 0.500. The first-order valence-electron chi connectivity index (χ1n) is 5.41. The average molecular weight is 227 g/mol. The minimum atomic E-state index is -0.641. The van der Waals surface area contributed by atoms with Crippen molar-refractivity contribution in [1.82, 2.24) is 5.32 Å². The fourth-order valence-corrected chi connectivity index (χ4v) is 1.44. The molecular weight excluding hydrogens is 209 g/mol. The summed E-state index contributed by atoms with van der Waals surface area (Å²) < 4.78 is 13.0. The van der Waals surface area contributed by atoms with Crippen molar-refractivity contribution < 1.29 is 14.6 Å². The van der Waals surface area contributed by atoms with Gasteiger partial charge in [0, 0.05) is 13.2 Å². The van der Waals surface area contributed by atoms with Crippen LogP contribution in [0.15, 0.2) is 18.2 Å². The number of hydrogen-bond acceptors (Lipinski definition) is 3. The summed E-state index contributed by atoms with van der Waals surface area (Å²) in [6.07, 6.45) is 0.0211. The van der Waals surface area contributed by atoms with Crippen LogP contribution in [0.5, 0.6) is 0 Å². The van der Waals surface area contributed by atoms with Crippen LogP contribution >= 0.6 is 0 Å². The van der Waals surface area contributed by atoms with Crippen molar-refractivity contribution in [3.8, 4) is 0 Å². The predicted molar refractivity (Wildman–Crippen MR) is 60.7 cm³/mol. The molecule has 1 aromatic carbocycles. The molecule has 16 heavy (non-hydrogen) atoms. The second kappa shape index (κ2) is 6.58. The molecule has 0 aliphatic carbocycles. The SMILES string of the molecule is Cc1cc(C(O)CNCCCO)ccc1F.